The molecule has 0 saturated heterocycles. The average Bonchev–Trinajstić information content (AvgIpc) is 3.29. The van der Waals surface area contributed by atoms with Crippen LogP contribution in [0.3, 0.4) is 0 Å². The van der Waals surface area contributed by atoms with Crippen LogP contribution in [0, 0.1) is 0 Å². The minimum absolute atomic E-state index is 0.127. The number of rotatable bonds is 5. The second-order valence-electron chi connectivity index (χ2n) is 9.23. The van der Waals surface area contributed by atoms with Crippen molar-refractivity contribution in [1.82, 2.24) is 0 Å². The molecule has 0 atom stereocenters. The fraction of sp³-hybridized carbons (Fsp3) is 0.783. The van der Waals surface area contributed by atoms with Gasteiger partial charge in [0.05, 0.1) is 0 Å². The van der Waals surface area contributed by atoms with E-state index in [2.05, 4.69) is 0 Å². The Balaban J connectivity index is 1.70. The third-order valence-corrected chi connectivity index (χ3v) is 25.1. The third kappa shape index (κ3) is 4.28. The number of carbonyl (C=O) groups is 1. The van der Waals surface area contributed by atoms with E-state index >= 15 is 0 Å². The second kappa shape index (κ2) is 9.36. The summed E-state index contributed by atoms with van der Waals surface area (Å²) in [4.78, 5) is 13.2. The molecule has 0 spiro atoms. The van der Waals surface area contributed by atoms with Crippen LogP contribution in [0.25, 0.3) is 0 Å². The number of hydrogen-bond donors (Lipinski definition) is 0. The standard InChI is InChI=1S/3C6H11.C5H4O3.Sn/c3*1-2-4-6-5-3-1;6-5(7)4-2-1-3-8-4;/h3*1H,2-6H2;1-3H,(H,6,7);/q;;;;+1/p-1. The summed E-state index contributed by atoms with van der Waals surface area (Å²) in [5, 5.41) is 0. The van der Waals surface area contributed by atoms with Crippen molar-refractivity contribution in [2.75, 3.05) is 0 Å². The zero-order chi connectivity index (χ0) is 18.5. The molecule has 4 heteroatoms. The topological polar surface area (TPSA) is 39.4 Å². The summed E-state index contributed by atoms with van der Waals surface area (Å²) >= 11 is -3.23. The molecule has 3 nitrogen and oxygen atoms in total. The van der Waals surface area contributed by atoms with Crippen LogP contribution in [-0.4, -0.2) is 24.8 Å². The van der Waals surface area contributed by atoms with Crippen molar-refractivity contribution in [2.24, 2.45) is 0 Å². The molecular formula is C23H36O3Sn. The van der Waals surface area contributed by atoms with Crippen molar-refractivity contribution in [3.8, 4) is 0 Å². The quantitative estimate of drug-likeness (QED) is 0.414. The van der Waals surface area contributed by atoms with Gasteiger partial charge in [0, 0.05) is 0 Å². The molecule has 3 fully saturated rings. The van der Waals surface area contributed by atoms with Crippen LogP contribution in [0.4, 0.5) is 0 Å². The van der Waals surface area contributed by atoms with Gasteiger partial charge in [0.1, 0.15) is 0 Å². The molecule has 27 heavy (non-hydrogen) atoms. The van der Waals surface area contributed by atoms with Gasteiger partial charge in [0.15, 0.2) is 0 Å². The fourth-order valence-electron chi connectivity index (χ4n) is 6.52. The van der Waals surface area contributed by atoms with E-state index in [1.54, 1.807) is 12.3 Å². The summed E-state index contributed by atoms with van der Waals surface area (Å²) in [7, 11) is 0. The van der Waals surface area contributed by atoms with Gasteiger partial charge in [-0.15, -0.1) is 0 Å². The molecule has 0 aromatic carbocycles. The molecule has 0 aliphatic heterocycles. The van der Waals surface area contributed by atoms with E-state index in [0.29, 0.717) is 5.76 Å². The molecule has 1 aromatic rings. The van der Waals surface area contributed by atoms with Gasteiger partial charge < -0.3 is 0 Å². The van der Waals surface area contributed by atoms with Gasteiger partial charge >= 0.3 is 169 Å². The first-order valence-electron chi connectivity index (χ1n) is 11.6. The first-order chi connectivity index (χ1) is 13.3. The molecule has 0 radical (unpaired) electrons. The zero-order valence-corrected chi connectivity index (χ0v) is 19.6. The second-order valence-corrected chi connectivity index (χ2v) is 21.7. The summed E-state index contributed by atoms with van der Waals surface area (Å²) < 4.78 is 14.6. The summed E-state index contributed by atoms with van der Waals surface area (Å²) in [5.41, 5.74) is 0. The monoisotopic (exact) mass is 480 g/mol. The Bertz CT molecular complexity index is 533. The predicted octanol–water partition coefficient (Wildman–Crippen LogP) is 7.38. The van der Waals surface area contributed by atoms with Crippen LogP contribution in [0.2, 0.25) is 11.8 Å². The van der Waals surface area contributed by atoms with Gasteiger partial charge in [-0.3, -0.25) is 0 Å². The zero-order valence-electron chi connectivity index (χ0n) is 16.8. The van der Waals surface area contributed by atoms with Crippen LogP contribution >= 0.6 is 0 Å². The van der Waals surface area contributed by atoms with Crippen molar-refractivity contribution < 1.29 is 12.3 Å². The summed E-state index contributed by atoms with van der Waals surface area (Å²) in [6.45, 7) is 0. The maximum atomic E-state index is 13.2. The molecule has 150 valence electrons. The van der Waals surface area contributed by atoms with Crippen molar-refractivity contribution in [2.45, 2.75) is 108 Å². The fourth-order valence-corrected chi connectivity index (χ4v) is 26.1. The summed E-state index contributed by atoms with van der Waals surface area (Å²) in [6, 6.07) is 3.61. The van der Waals surface area contributed by atoms with Crippen LogP contribution in [-0.2, 0) is 3.07 Å². The minimum atomic E-state index is -3.23. The Morgan fingerprint density at radius 1 is 0.778 bits per heavy atom. The number of carbonyl (C=O) groups excluding carboxylic acids is 1. The Morgan fingerprint density at radius 2 is 1.22 bits per heavy atom. The van der Waals surface area contributed by atoms with Crippen LogP contribution in [0.1, 0.15) is 107 Å². The van der Waals surface area contributed by atoms with Gasteiger partial charge in [0.25, 0.3) is 0 Å². The van der Waals surface area contributed by atoms with E-state index in [-0.39, 0.29) is 5.97 Å². The third-order valence-electron chi connectivity index (χ3n) is 7.72. The van der Waals surface area contributed by atoms with Gasteiger partial charge in [0.2, 0.25) is 0 Å². The normalized spacial score (nSPS) is 24.0. The molecule has 0 N–H and O–H groups in total. The van der Waals surface area contributed by atoms with Crippen molar-refractivity contribution in [1.29, 1.82) is 0 Å². The van der Waals surface area contributed by atoms with Gasteiger partial charge in [-0.2, -0.15) is 0 Å². The number of furan rings is 1. The SMILES string of the molecule is O=C([O][Sn]([CH]1CCCCC1)([CH]1CCCCC1)[CH]1CCCCC1)c1ccco1. The molecular weight excluding hydrogens is 443 g/mol. The molecule has 3 saturated carbocycles. The Labute approximate surface area is 169 Å². The summed E-state index contributed by atoms with van der Waals surface area (Å²) in [6.07, 6.45) is 21.8. The van der Waals surface area contributed by atoms with Crippen molar-refractivity contribution in [3.63, 3.8) is 0 Å². The van der Waals surface area contributed by atoms with Crippen LogP contribution in [0.15, 0.2) is 22.8 Å². The molecule has 0 amide bonds. The molecule has 0 bridgehead atoms. The maximum absolute atomic E-state index is 13.2. The molecule has 1 aromatic heterocycles. The first kappa shape index (κ1) is 19.8. The Kier molecular flexibility index (Phi) is 6.88. The molecule has 1 heterocycles. The van der Waals surface area contributed by atoms with Crippen LogP contribution < -0.4 is 0 Å². The van der Waals surface area contributed by atoms with Crippen LogP contribution in [0.5, 0.6) is 0 Å². The Morgan fingerprint density at radius 3 is 1.59 bits per heavy atom. The summed E-state index contributed by atoms with van der Waals surface area (Å²) in [5.74, 6) is 0.302. The van der Waals surface area contributed by atoms with Gasteiger partial charge in [-0.1, -0.05) is 0 Å². The molecule has 0 unspecified atom stereocenters. The first-order valence-corrected chi connectivity index (χ1v) is 17.7. The van der Waals surface area contributed by atoms with Gasteiger partial charge in [-0.25, -0.2) is 0 Å². The van der Waals surface area contributed by atoms with E-state index in [9.17, 15) is 4.79 Å². The van der Waals surface area contributed by atoms with Crippen molar-refractivity contribution in [3.05, 3.63) is 24.2 Å². The van der Waals surface area contributed by atoms with E-state index in [1.807, 2.05) is 6.07 Å². The average molecular weight is 479 g/mol. The van der Waals surface area contributed by atoms with E-state index < -0.39 is 18.8 Å². The predicted molar refractivity (Wildman–Crippen MR) is 110 cm³/mol. The molecule has 4 rings (SSSR count). The molecule has 3 aliphatic rings. The number of hydrogen-bond acceptors (Lipinski definition) is 3. The Hall–Kier alpha value is -0.451. The van der Waals surface area contributed by atoms with E-state index in [4.69, 9.17) is 7.49 Å². The molecule has 3 aliphatic carbocycles. The van der Waals surface area contributed by atoms with Gasteiger partial charge in [-0.05, 0) is 0 Å². The van der Waals surface area contributed by atoms with E-state index in [0.717, 1.165) is 11.8 Å². The van der Waals surface area contributed by atoms with E-state index in [1.165, 1.54) is 96.3 Å². The van der Waals surface area contributed by atoms with Crippen molar-refractivity contribution >= 4 is 24.8 Å².